The molecule has 1 aliphatic rings. The summed E-state index contributed by atoms with van der Waals surface area (Å²) < 4.78 is 6.61. The van der Waals surface area contributed by atoms with Gasteiger partial charge < -0.3 is 9.84 Å². The summed E-state index contributed by atoms with van der Waals surface area (Å²) in [5.74, 6) is 1.17. The maximum Gasteiger partial charge on any atom is 0.283 e. The number of piperidine rings is 1. The Hall–Kier alpha value is -1.37. The molecule has 2 N–H and O–H groups in total. The van der Waals surface area contributed by atoms with Crippen LogP contribution in [0, 0.1) is 0 Å². The second-order valence-corrected chi connectivity index (χ2v) is 7.23. The first-order valence-corrected chi connectivity index (χ1v) is 9.10. The molecular formula is C19H20Br2N2O2. The molecule has 0 radical (unpaired) electrons. The largest absolute Gasteiger partial charge is 0.383 e. The monoisotopic (exact) mass is 466 g/mol. The van der Waals surface area contributed by atoms with Crippen LogP contribution in [0.4, 0.5) is 0 Å². The predicted octanol–water partition coefficient (Wildman–Crippen LogP) is 4.52. The maximum absolute atomic E-state index is 12.2. The Bertz CT molecular complexity index is 927. The van der Waals surface area contributed by atoms with Gasteiger partial charge in [0.25, 0.3) is 5.56 Å². The number of fused-ring (bicyclic) bond motifs is 1. The van der Waals surface area contributed by atoms with Gasteiger partial charge in [-0.1, -0.05) is 40.2 Å². The predicted molar refractivity (Wildman–Crippen MR) is 109 cm³/mol. The van der Waals surface area contributed by atoms with E-state index in [-0.39, 0.29) is 22.5 Å². The molecule has 4 rings (SSSR count). The van der Waals surface area contributed by atoms with Gasteiger partial charge in [0.2, 0.25) is 0 Å². The highest BCUT2D eigenvalue weighted by atomic mass is 79.9. The van der Waals surface area contributed by atoms with Crippen LogP contribution in [0.5, 0.6) is 0 Å². The Morgan fingerprint density at radius 1 is 1.16 bits per heavy atom. The SMILES string of the molecule is Br.O=c1[nH]oc(C2CCNCC2)c1Cc1ccc2cccc(Br)c2c1. The fourth-order valence-electron chi connectivity index (χ4n) is 3.51. The number of benzene rings is 2. The van der Waals surface area contributed by atoms with Gasteiger partial charge in [0.05, 0.1) is 5.56 Å². The van der Waals surface area contributed by atoms with Crippen molar-refractivity contribution in [2.45, 2.75) is 25.2 Å². The maximum atomic E-state index is 12.2. The average molecular weight is 468 g/mol. The first-order valence-electron chi connectivity index (χ1n) is 8.30. The van der Waals surface area contributed by atoms with Crippen LogP contribution in [0.15, 0.2) is 50.2 Å². The van der Waals surface area contributed by atoms with Gasteiger partial charge in [-0.15, -0.1) is 17.0 Å². The van der Waals surface area contributed by atoms with Crippen LogP contribution < -0.4 is 10.9 Å². The van der Waals surface area contributed by atoms with Gasteiger partial charge in [0.15, 0.2) is 0 Å². The van der Waals surface area contributed by atoms with E-state index in [1.807, 2.05) is 12.1 Å². The summed E-state index contributed by atoms with van der Waals surface area (Å²) >= 11 is 3.61. The zero-order valence-corrected chi connectivity index (χ0v) is 17.0. The number of hydrogen-bond donors (Lipinski definition) is 2. The van der Waals surface area contributed by atoms with E-state index in [1.165, 1.54) is 10.8 Å². The zero-order chi connectivity index (χ0) is 16.5. The summed E-state index contributed by atoms with van der Waals surface area (Å²) in [6, 6.07) is 12.5. The number of H-pyrrole nitrogens is 1. The van der Waals surface area contributed by atoms with E-state index in [4.69, 9.17) is 4.52 Å². The lowest BCUT2D eigenvalue weighted by Crippen LogP contribution is -2.27. The Kier molecular flexibility index (Phi) is 5.81. The molecule has 0 saturated carbocycles. The van der Waals surface area contributed by atoms with Crippen molar-refractivity contribution in [1.29, 1.82) is 0 Å². The highest BCUT2D eigenvalue weighted by molar-refractivity contribution is 9.10. The van der Waals surface area contributed by atoms with E-state index in [0.717, 1.165) is 47.3 Å². The molecule has 1 aromatic heterocycles. The number of nitrogens with one attached hydrogen (secondary N) is 2. The van der Waals surface area contributed by atoms with Crippen molar-refractivity contribution in [3.05, 3.63) is 68.1 Å². The molecule has 6 heteroatoms. The molecule has 0 unspecified atom stereocenters. The van der Waals surface area contributed by atoms with Crippen molar-refractivity contribution in [3.63, 3.8) is 0 Å². The molecule has 1 fully saturated rings. The van der Waals surface area contributed by atoms with Crippen LogP contribution in [-0.2, 0) is 6.42 Å². The molecule has 2 heterocycles. The third-order valence-corrected chi connectivity index (χ3v) is 5.50. The molecule has 2 aromatic carbocycles. The van der Waals surface area contributed by atoms with Crippen molar-refractivity contribution >= 4 is 43.7 Å². The number of aromatic nitrogens is 1. The number of halogens is 2. The van der Waals surface area contributed by atoms with Gasteiger partial charge >= 0.3 is 0 Å². The Morgan fingerprint density at radius 2 is 1.96 bits per heavy atom. The first-order chi connectivity index (χ1) is 11.7. The van der Waals surface area contributed by atoms with E-state index in [1.54, 1.807) is 0 Å². The molecule has 0 spiro atoms. The molecule has 1 aliphatic heterocycles. The third-order valence-electron chi connectivity index (χ3n) is 4.81. The first kappa shape index (κ1) is 18.4. The van der Waals surface area contributed by atoms with Gasteiger partial charge in [-0.2, -0.15) is 5.16 Å². The molecule has 132 valence electrons. The van der Waals surface area contributed by atoms with Gasteiger partial charge in [-0.05, 0) is 54.4 Å². The topological polar surface area (TPSA) is 58.0 Å². The van der Waals surface area contributed by atoms with Crippen molar-refractivity contribution in [3.8, 4) is 0 Å². The molecule has 0 aliphatic carbocycles. The minimum Gasteiger partial charge on any atom is -0.383 e. The van der Waals surface area contributed by atoms with Crippen LogP contribution in [0.1, 0.15) is 35.6 Å². The standard InChI is InChI=1S/C19H19BrN2O2.BrH/c20-17-3-1-2-13-5-4-12(10-15(13)17)11-16-18(24-22-19(16)23)14-6-8-21-9-7-14;/h1-5,10,14,21H,6-9,11H2,(H,22,23);1H. The van der Waals surface area contributed by atoms with E-state index in [2.05, 4.69) is 50.7 Å². The number of hydrogen-bond acceptors (Lipinski definition) is 3. The van der Waals surface area contributed by atoms with Crippen molar-refractivity contribution in [2.24, 2.45) is 0 Å². The molecule has 0 bridgehead atoms. The highest BCUT2D eigenvalue weighted by Crippen LogP contribution is 2.29. The summed E-state index contributed by atoms with van der Waals surface area (Å²) in [7, 11) is 0. The summed E-state index contributed by atoms with van der Waals surface area (Å²) in [6.07, 6.45) is 2.62. The second kappa shape index (κ2) is 7.89. The number of rotatable bonds is 3. The normalized spacial score (nSPS) is 15.2. The molecule has 0 amide bonds. The van der Waals surface area contributed by atoms with Gasteiger partial charge in [-0.25, -0.2) is 0 Å². The smallest absolute Gasteiger partial charge is 0.283 e. The fraction of sp³-hybridized carbons (Fsp3) is 0.316. The highest BCUT2D eigenvalue weighted by Gasteiger charge is 2.24. The summed E-state index contributed by atoms with van der Waals surface area (Å²) in [5, 5.41) is 8.25. The van der Waals surface area contributed by atoms with E-state index < -0.39 is 0 Å². The molecule has 25 heavy (non-hydrogen) atoms. The molecule has 4 nitrogen and oxygen atoms in total. The molecule has 3 aromatic rings. The summed E-state index contributed by atoms with van der Waals surface area (Å²) in [6.45, 7) is 1.95. The van der Waals surface area contributed by atoms with Gasteiger partial charge in [0.1, 0.15) is 5.76 Å². The Morgan fingerprint density at radius 3 is 2.76 bits per heavy atom. The van der Waals surface area contributed by atoms with Crippen molar-refractivity contribution in [1.82, 2.24) is 10.5 Å². The fourth-order valence-corrected chi connectivity index (χ4v) is 4.01. The minimum atomic E-state index is -0.101. The third kappa shape index (κ3) is 3.76. The van der Waals surface area contributed by atoms with Crippen LogP contribution in [0.25, 0.3) is 10.8 Å². The van der Waals surface area contributed by atoms with E-state index in [9.17, 15) is 4.79 Å². The van der Waals surface area contributed by atoms with Crippen LogP contribution in [0.2, 0.25) is 0 Å². The van der Waals surface area contributed by atoms with Crippen molar-refractivity contribution < 1.29 is 4.52 Å². The molecule has 1 saturated heterocycles. The van der Waals surface area contributed by atoms with Gasteiger partial charge in [-0.3, -0.25) is 4.79 Å². The average Bonchev–Trinajstić information content (AvgIpc) is 2.97. The van der Waals surface area contributed by atoms with Gasteiger partial charge in [0, 0.05) is 16.8 Å². The van der Waals surface area contributed by atoms with Crippen LogP contribution in [-0.4, -0.2) is 18.2 Å². The zero-order valence-electron chi connectivity index (χ0n) is 13.7. The minimum absolute atomic E-state index is 0. The number of aromatic amines is 1. The molecule has 0 atom stereocenters. The second-order valence-electron chi connectivity index (χ2n) is 6.37. The quantitative estimate of drug-likeness (QED) is 0.595. The summed E-state index contributed by atoms with van der Waals surface area (Å²) in [4.78, 5) is 12.2. The molecular weight excluding hydrogens is 448 g/mol. The Labute approximate surface area is 164 Å². The lowest BCUT2D eigenvalue weighted by atomic mass is 9.91. The van der Waals surface area contributed by atoms with Crippen molar-refractivity contribution in [2.75, 3.05) is 13.1 Å². The van der Waals surface area contributed by atoms with E-state index in [0.29, 0.717) is 12.3 Å². The Balaban J connectivity index is 0.00000182. The van der Waals surface area contributed by atoms with Crippen LogP contribution >= 0.6 is 32.9 Å². The summed E-state index contributed by atoms with van der Waals surface area (Å²) in [5.41, 5.74) is 1.79. The lowest BCUT2D eigenvalue weighted by molar-refractivity contribution is 0.324. The lowest BCUT2D eigenvalue weighted by Gasteiger charge is -2.21. The van der Waals surface area contributed by atoms with E-state index >= 15 is 0 Å². The van der Waals surface area contributed by atoms with Crippen LogP contribution in [0.3, 0.4) is 0 Å².